The maximum atomic E-state index is 12.9. The monoisotopic (exact) mass is 542 g/mol. The van der Waals surface area contributed by atoms with Gasteiger partial charge in [-0.3, -0.25) is 14.6 Å². The number of aldehydes is 1. The minimum Gasteiger partial charge on any atom is -0.420 e. The summed E-state index contributed by atoms with van der Waals surface area (Å²) in [5.41, 5.74) is -1.50. The van der Waals surface area contributed by atoms with Crippen LogP contribution < -0.4 is 10.6 Å². The molecule has 198 valence electrons. The third-order valence-corrected chi connectivity index (χ3v) is 7.21. The first-order valence-corrected chi connectivity index (χ1v) is 13.9. The molecule has 3 rings (SSSR count). The number of carbonyl (C=O) groups excluding carboxylic acids is 3. The minimum absolute atomic E-state index is 0.201. The Kier molecular flexibility index (Phi) is 10.4. The number of carbonyl (C=O) groups is 3. The van der Waals surface area contributed by atoms with Crippen LogP contribution in [0.3, 0.4) is 0 Å². The van der Waals surface area contributed by atoms with Crippen molar-refractivity contribution in [2.24, 2.45) is 0 Å². The van der Waals surface area contributed by atoms with Crippen LogP contribution in [0, 0.1) is 0 Å². The molecular formula is C27H34N4O4S2. The van der Waals surface area contributed by atoms with Crippen LogP contribution in [0.1, 0.15) is 60.1 Å². The number of thiophene rings is 2. The standard InChI is InChI=1S/C27H34N4O4S2/c1-26(2,3)30-25(34)35-27(20-32,12-4-5-14-29-24(33)21-9-6-13-28-17-21)31(18-22-10-7-15-36-22)19-23-11-8-16-37-23/h6-11,13,15-17,20H,4-5,12,14,18-19H2,1-3H3,(H,29,33)(H,30,34)/t27-/m0/s1. The molecule has 8 nitrogen and oxygen atoms in total. The first kappa shape index (κ1) is 28.5. The van der Waals surface area contributed by atoms with Crippen LogP contribution in [0.2, 0.25) is 0 Å². The van der Waals surface area contributed by atoms with Gasteiger partial charge in [0.2, 0.25) is 5.72 Å². The van der Waals surface area contributed by atoms with Crippen LogP contribution >= 0.6 is 22.7 Å². The van der Waals surface area contributed by atoms with E-state index in [-0.39, 0.29) is 12.3 Å². The number of hydrogen-bond acceptors (Lipinski definition) is 8. The van der Waals surface area contributed by atoms with Gasteiger partial charge in [0.15, 0.2) is 6.29 Å². The van der Waals surface area contributed by atoms with Crippen molar-refractivity contribution in [2.45, 2.75) is 64.4 Å². The van der Waals surface area contributed by atoms with Gasteiger partial charge >= 0.3 is 6.09 Å². The normalized spacial score (nSPS) is 13.1. The Hall–Kier alpha value is -3.08. The third-order valence-electron chi connectivity index (χ3n) is 5.49. The predicted molar refractivity (Wildman–Crippen MR) is 146 cm³/mol. The molecule has 0 fully saturated rings. The first-order chi connectivity index (χ1) is 17.7. The van der Waals surface area contributed by atoms with Crippen LogP contribution in [0.4, 0.5) is 4.79 Å². The lowest BCUT2D eigenvalue weighted by Crippen LogP contribution is -2.55. The quantitative estimate of drug-likeness (QED) is 0.174. The topological polar surface area (TPSA) is 101 Å². The lowest BCUT2D eigenvalue weighted by atomic mass is 10.0. The number of hydrogen-bond donors (Lipinski definition) is 2. The maximum Gasteiger partial charge on any atom is 0.409 e. The van der Waals surface area contributed by atoms with Crippen molar-refractivity contribution in [3.05, 3.63) is 74.9 Å². The van der Waals surface area contributed by atoms with Crippen molar-refractivity contribution in [2.75, 3.05) is 6.54 Å². The molecule has 3 aromatic heterocycles. The molecule has 2 N–H and O–H groups in total. The molecule has 0 radical (unpaired) electrons. The Morgan fingerprint density at radius 1 is 1.03 bits per heavy atom. The molecule has 3 heterocycles. The summed E-state index contributed by atoms with van der Waals surface area (Å²) in [5, 5.41) is 9.66. The van der Waals surface area contributed by atoms with E-state index in [9.17, 15) is 14.4 Å². The molecule has 0 saturated heterocycles. The van der Waals surface area contributed by atoms with Gasteiger partial charge in [0.05, 0.1) is 5.56 Å². The Morgan fingerprint density at radius 3 is 2.22 bits per heavy atom. The Bertz CT molecular complexity index is 1080. The van der Waals surface area contributed by atoms with Gasteiger partial charge in [0.25, 0.3) is 5.91 Å². The highest BCUT2D eigenvalue weighted by molar-refractivity contribution is 7.10. The SMILES string of the molecule is CC(C)(C)NC(=O)O[C@](C=O)(CCCCNC(=O)c1cccnc1)N(Cc1cccs1)Cc1cccs1. The molecule has 0 spiro atoms. The number of nitrogens with one attached hydrogen (secondary N) is 2. The van der Waals surface area contributed by atoms with Gasteiger partial charge in [-0.1, -0.05) is 12.1 Å². The van der Waals surface area contributed by atoms with Gasteiger partial charge in [-0.15, -0.1) is 22.7 Å². The maximum absolute atomic E-state index is 12.9. The number of aromatic nitrogens is 1. The summed E-state index contributed by atoms with van der Waals surface area (Å²) in [7, 11) is 0. The Labute approximate surface area is 226 Å². The van der Waals surface area contributed by atoms with Crippen molar-refractivity contribution < 1.29 is 19.1 Å². The van der Waals surface area contributed by atoms with E-state index >= 15 is 0 Å². The molecular weight excluding hydrogens is 508 g/mol. The second-order valence-electron chi connectivity index (χ2n) is 9.70. The molecule has 37 heavy (non-hydrogen) atoms. The van der Waals surface area contributed by atoms with Gasteiger partial charge in [-0.05, 0) is 68.6 Å². The molecule has 3 aromatic rings. The van der Waals surface area contributed by atoms with E-state index in [4.69, 9.17) is 4.74 Å². The first-order valence-electron chi connectivity index (χ1n) is 12.2. The number of ether oxygens (including phenoxy) is 1. The summed E-state index contributed by atoms with van der Waals surface area (Å²) in [4.78, 5) is 46.0. The van der Waals surface area contributed by atoms with E-state index in [0.717, 1.165) is 16.0 Å². The van der Waals surface area contributed by atoms with Crippen LogP contribution in [0.5, 0.6) is 0 Å². The number of rotatable bonds is 13. The largest absolute Gasteiger partial charge is 0.420 e. The van der Waals surface area contributed by atoms with Gasteiger partial charge < -0.3 is 15.4 Å². The highest BCUT2D eigenvalue weighted by atomic mass is 32.1. The zero-order chi connectivity index (χ0) is 26.7. The van der Waals surface area contributed by atoms with E-state index in [2.05, 4.69) is 15.6 Å². The predicted octanol–water partition coefficient (Wildman–Crippen LogP) is 5.23. The van der Waals surface area contributed by atoms with Gasteiger partial charge in [0.1, 0.15) is 0 Å². The van der Waals surface area contributed by atoms with E-state index in [1.54, 1.807) is 41.0 Å². The third kappa shape index (κ3) is 9.07. The number of pyridine rings is 1. The average Bonchev–Trinajstić information content (AvgIpc) is 3.56. The molecule has 0 aliphatic heterocycles. The summed E-state index contributed by atoms with van der Waals surface area (Å²) in [6.07, 6.45) is 4.67. The molecule has 0 aliphatic carbocycles. The highest BCUT2D eigenvalue weighted by Gasteiger charge is 2.41. The molecule has 0 unspecified atom stereocenters. The zero-order valence-electron chi connectivity index (χ0n) is 21.4. The highest BCUT2D eigenvalue weighted by Crippen LogP contribution is 2.29. The van der Waals surface area contributed by atoms with Crippen LogP contribution in [0.25, 0.3) is 0 Å². The molecule has 0 aliphatic rings. The Morgan fingerprint density at radius 2 is 1.70 bits per heavy atom. The van der Waals surface area contributed by atoms with Crippen LogP contribution in [-0.2, 0) is 22.6 Å². The van der Waals surface area contributed by atoms with Gasteiger partial charge in [0, 0.05) is 53.7 Å². The van der Waals surface area contributed by atoms with E-state index in [0.29, 0.717) is 38.0 Å². The molecule has 1 atom stereocenters. The fraction of sp³-hybridized carbons (Fsp3) is 0.407. The number of nitrogens with zero attached hydrogens (tertiary/aromatic N) is 2. The summed E-state index contributed by atoms with van der Waals surface area (Å²) in [6, 6.07) is 11.3. The second kappa shape index (κ2) is 13.5. The van der Waals surface area contributed by atoms with Crippen molar-refractivity contribution in [3.8, 4) is 0 Å². The smallest absolute Gasteiger partial charge is 0.409 e. The van der Waals surface area contributed by atoms with Crippen LogP contribution in [0.15, 0.2) is 59.6 Å². The summed E-state index contributed by atoms with van der Waals surface area (Å²) < 4.78 is 5.94. The average molecular weight is 543 g/mol. The lowest BCUT2D eigenvalue weighted by Gasteiger charge is -2.39. The number of alkyl carbamates (subject to hydrolysis) is 1. The molecule has 10 heteroatoms. The van der Waals surface area contributed by atoms with Gasteiger partial charge in [-0.2, -0.15) is 0 Å². The van der Waals surface area contributed by atoms with E-state index < -0.39 is 17.4 Å². The number of unbranched alkanes of at least 4 members (excludes halogenated alkanes) is 1. The Balaban J connectivity index is 1.75. The van der Waals surface area contributed by atoms with E-state index in [1.807, 2.05) is 60.7 Å². The fourth-order valence-corrected chi connectivity index (χ4v) is 5.17. The summed E-state index contributed by atoms with van der Waals surface area (Å²) in [5.74, 6) is -0.201. The summed E-state index contributed by atoms with van der Waals surface area (Å²) in [6.45, 7) is 6.90. The molecule has 0 aromatic carbocycles. The van der Waals surface area contributed by atoms with Gasteiger partial charge in [-0.25, -0.2) is 9.69 Å². The van der Waals surface area contributed by atoms with Crippen molar-refractivity contribution >= 4 is 41.0 Å². The molecule has 2 amide bonds. The van der Waals surface area contributed by atoms with Crippen molar-refractivity contribution in [1.82, 2.24) is 20.5 Å². The molecule has 0 bridgehead atoms. The number of amides is 2. The van der Waals surface area contributed by atoms with E-state index in [1.165, 1.54) is 6.20 Å². The van der Waals surface area contributed by atoms with Crippen molar-refractivity contribution in [1.29, 1.82) is 0 Å². The van der Waals surface area contributed by atoms with Crippen LogP contribution in [-0.4, -0.2) is 46.0 Å². The molecule has 0 saturated carbocycles. The second-order valence-corrected chi connectivity index (χ2v) is 11.8. The lowest BCUT2D eigenvalue weighted by molar-refractivity contribution is -0.154. The summed E-state index contributed by atoms with van der Waals surface area (Å²) >= 11 is 3.18. The zero-order valence-corrected chi connectivity index (χ0v) is 23.1. The van der Waals surface area contributed by atoms with Crippen molar-refractivity contribution in [3.63, 3.8) is 0 Å². The minimum atomic E-state index is -1.48. The fourth-order valence-electron chi connectivity index (χ4n) is 3.73.